The Bertz CT molecular complexity index is 5570. The predicted molar refractivity (Wildman–Crippen MR) is 509 cm³/mol. The van der Waals surface area contributed by atoms with Crippen LogP contribution in [-0.4, -0.2) is 242 Å². The number of rotatable bonds is 36. The molecule has 0 spiro atoms. The first kappa shape index (κ1) is 99.1. The predicted octanol–water partition coefficient (Wildman–Crippen LogP) is 16.3. The summed E-state index contributed by atoms with van der Waals surface area (Å²) in [6.07, 6.45) is -2.62. The van der Waals surface area contributed by atoms with E-state index >= 15 is 0 Å². The van der Waals surface area contributed by atoms with Gasteiger partial charge in [-0.25, -0.2) is 0 Å². The largest absolute Gasteiger partial charge is 0.493 e. The molecule has 1 aromatic heterocycles. The van der Waals surface area contributed by atoms with Gasteiger partial charge in [0.05, 0.1) is 123 Å². The first-order chi connectivity index (χ1) is 64.6. The van der Waals surface area contributed by atoms with Crippen LogP contribution in [0.5, 0.6) is 34.5 Å². The highest BCUT2D eigenvalue weighted by Gasteiger charge is 2.48. The third-order valence-corrected chi connectivity index (χ3v) is 26.5. The number of carbonyl (C=O) groups is 8. The molecule has 8 aromatic carbocycles. The Balaban J connectivity index is 0.000000171. The van der Waals surface area contributed by atoms with E-state index < -0.39 is 47.6 Å². The lowest BCUT2D eigenvalue weighted by Crippen LogP contribution is -2.47. The van der Waals surface area contributed by atoms with Crippen molar-refractivity contribution < 1.29 is 89.4 Å². The smallest absolute Gasteiger partial charge is 0.471 e. The molecule has 6 aliphatic heterocycles. The summed E-state index contributed by atoms with van der Waals surface area (Å²) >= 11 is 1.67. The second-order valence-corrected chi connectivity index (χ2v) is 35.7. The highest BCUT2D eigenvalue weighted by atomic mass is 32.1. The molecule has 3 saturated heterocycles. The van der Waals surface area contributed by atoms with Crippen molar-refractivity contribution in [3.8, 4) is 34.5 Å². The van der Waals surface area contributed by atoms with E-state index in [0.717, 1.165) is 94.5 Å². The van der Waals surface area contributed by atoms with E-state index in [0.29, 0.717) is 132 Å². The molecule has 31 heteroatoms. The summed E-state index contributed by atoms with van der Waals surface area (Å²) in [5.74, 6) is -1.33. The number of imide groups is 3. The molecule has 27 nitrogen and oxygen atoms in total. The number of piperazine rings is 3. The normalized spacial score (nSPS) is 16.5. The Morgan fingerprint density at radius 1 is 0.410 bits per heavy atom. The van der Waals surface area contributed by atoms with Crippen molar-refractivity contribution in [2.75, 3.05) is 169 Å². The number of likely N-dealkylation sites (N-methyl/N-ethyl adjacent to an activating group) is 1. The summed E-state index contributed by atoms with van der Waals surface area (Å²) in [6, 6.07) is 55.9. The zero-order valence-corrected chi connectivity index (χ0v) is 79.2. The van der Waals surface area contributed by atoms with Gasteiger partial charge >= 0.3 is 12.1 Å². The van der Waals surface area contributed by atoms with Crippen LogP contribution >= 0.6 is 11.3 Å². The first-order valence-corrected chi connectivity index (χ1v) is 46.6. The van der Waals surface area contributed by atoms with Gasteiger partial charge in [0.15, 0.2) is 34.5 Å². The fourth-order valence-electron chi connectivity index (χ4n) is 18.3. The van der Waals surface area contributed by atoms with Gasteiger partial charge in [-0.2, -0.15) is 13.2 Å². The number of benzene rings is 8. The average molecular weight is 1860 g/mol. The molecular weight excluding hydrogens is 1740 g/mol. The van der Waals surface area contributed by atoms with Crippen LogP contribution in [0.2, 0.25) is 0 Å². The lowest BCUT2D eigenvalue weighted by atomic mass is 9.99. The monoisotopic (exact) mass is 1860 g/mol. The number of nitrogens with zero attached hydrogens (tertiary/aromatic N) is 9. The number of carbonyl (C=O) groups excluding carboxylic acids is 8. The highest BCUT2D eigenvalue weighted by Crippen LogP contribution is 2.46. The Morgan fingerprint density at radius 3 is 1.12 bits per heavy atom. The minimum absolute atomic E-state index is 0.0385. The van der Waals surface area contributed by atoms with Crippen LogP contribution in [0.1, 0.15) is 205 Å². The molecular formula is C103H122F3N11O16S. The third kappa shape index (κ3) is 23.1. The van der Waals surface area contributed by atoms with Crippen LogP contribution in [-0.2, 0) is 25.7 Å². The molecule has 0 aliphatic carbocycles. The van der Waals surface area contributed by atoms with E-state index in [2.05, 4.69) is 98.0 Å². The molecule has 8 amide bonds. The van der Waals surface area contributed by atoms with E-state index in [4.69, 9.17) is 37.9 Å². The van der Waals surface area contributed by atoms with Crippen LogP contribution in [0.4, 0.5) is 30.2 Å². The number of methoxy groups -OCH3 is 6. The van der Waals surface area contributed by atoms with Crippen LogP contribution in [0.15, 0.2) is 187 Å². The SMILES string of the molecule is CCN1CCN(c2cccc3c2C(=O)N([C@H](CCCOCc2cccs2)c2ccc(OC)c(OC)c2)C3=O)CC1.COc1ccc([C@@H](CCCNC(=O)C(F)(F)F)N2C(=O)c3cccc(N4CCN([C@H](C)c5ccccc5)CC4)c3C2=O)cc1OC.COc1ccc([C@@H](CCCNC(=O)COC(C)(C)C)N2C(=O)c3cccc(N4CCN([C@H](C)c5ccccc5)CC4)c3C2=O)cc1OC. The number of anilines is 3. The number of ether oxygens (including phenoxy) is 8. The molecule has 0 saturated carbocycles. The number of thiophene rings is 1. The Hall–Kier alpha value is -12.4. The van der Waals surface area contributed by atoms with Crippen molar-refractivity contribution in [2.24, 2.45) is 0 Å². The van der Waals surface area contributed by atoms with Gasteiger partial charge in [0, 0.05) is 115 Å². The maximum absolute atomic E-state index is 14.4. The van der Waals surface area contributed by atoms with Crippen LogP contribution in [0.25, 0.3) is 0 Å². The van der Waals surface area contributed by atoms with Gasteiger partial charge in [-0.15, -0.1) is 11.3 Å². The minimum atomic E-state index is -5.01. The van der Waals surface area contributed by atoms with Crippen molar-refractivity contribution in [1.29, 1.82) is 0 Å². The molecule has 5 atom stereocenters. The van der Waals surface area contributed by atoms with Crippen LogP contribution in [0.3, 0.4) is 0 Å². The molecule has 712 valence electrons. The van der Waals surface area contributed by atoms with E-state index in [-0.39, 0.29) is 73.2 Å². The Morgan fingerprint density at radius 2 is 0.776 bits per heavy atom. The Labute approximate surface area is 786 Å². The van der Waals surface area contributed by atoms with Crippen molar-refractivity contribution in [3.63, 3.8) is 0 Å². The molecule has 2 N–H and O–H groups in total. The summed E-state index contributed by atoms with van der Waals surface area (Å²) in [5, 5.41) is 6.80. The molecule has 15 rings (SSSR count). The van der Waals surface area contributed by atoms with Crippen molar-refractivity contribution in [2.45, 2.75) is 129 Å². The maximum atomic E-state index is 14.4. The molecule has 134 heavy (non-hydrogen) atoms. The van der Waals surface area contributed by atoms with E-state index in [1.807, 2.05) is 122 Å². The van der Waals surface area contributed by atoms with Gasteiger partial charge in [0.1, 0.15) is 6.61 Å². The van der Waals surface area contributed by atoms with E-state index in [1.165, 1.54) is 44.9 Å². The summed E-state index contributed by atoms with van der Waals surface area (Å²) in [6.45, 7) is 23.9. The Kier molecular flexibility index (Phi) is 33.7. The number of fused-ring (bicyclic) bond motifs is 3. The van der Waals surface area contributed by atoms with Gasteiger partial charge in [0.25, 0.3) is 35.4 Å². The zero-order chi connectivity index (χ0) is 95.5. The van der Waals surface area contributed by atoms with Crippen LogP contribution in [0, 0.1) is 0 Å². The molecule has 3 fully saturated rings. The summed E-state index contributed by atoms with van der Waals surface area (Å²) in [5.41, 5.74) is 8.94. The van der Waals surface area contributed by atoms with Crippen molar-refractivity contribution >= 4 is 75.7 Å². The minimum Gasteiger partial charge on any atom is -0.493 e. The molecule has 6 aliphatic rings. The highest BCUT2D eigenvalue weighted by molar-refractivity contribution is 7.09. The molecule has 0 radical (unpaired) electrons. The number of hydrogen-bond acceptors (Lipinski definition) is 23. The molecule has 0 bridgehead atoms. The number of hydrogen-bond donors (Lipinski definition) is 2. The number of alkyl halides is 3. The standard InChI is InChI=1S/C38H48N4O6.C34H37F3N4O5.C31H37N3O5S/c1-26(27-12-8-7-9-13-27)40-20-22-41(23-21-40)31-15-10-14-29-35(31)37(45)42(36(29)44)30(28-17-18-32(46-5)33(24-28)47-6)16-11-19-39-34(43)25-48-38(2,3)4;1-22(23-9-5-4-6-10-23)39-17-19-40(20-18-39)27-12-7-11-25-30(27)32(43)41(31(25)42)26(13-8-16-38-33(44)34(35,36)37)24-14-15-28(45-2)29(21-24)46-3;1-4-32-14-16-33(17-15-32)26-10-5-9-24-29(26)31(36)34(30(24)35)25(11-6-18-39-21-23-8-7-19-40-23)22-12-13-27(37-2)28(20-22)38-3/h7-10,12-15,17-18,24,26,30H,11,16,19-23,25H2,1-6H3,(H,39,43);4-7,9-12,14-15,21-22,26H,8,13,16-20H2,1-3H3,(H,38,44);5,7-10,12-13,19-20,25H,4,6,11,14-18,21H2,1-3H3/t26-,30-;22-,26-;25-/m111/s1. The summed E-state index contributed by atoms with van der Waals surface area (Å²) in [7, 11) is 9.23. The second kappa shape index (κ2) is 45.6. The lowest BCUT2D eigenvalue weighted by Gasteiger charge is -2.39. The van der Waals surface area contributed by atoms with Crippen LogP contribution < -0.4 is 53.8 Å². The number of amides is 8. The third-order valence-electron chi connectivity index (χ3n) is 25.6. The fourth-order valence-corrected chi connectivity index (χ4v) is 18.9. The van der Waals surface area contributed by atoms with E-state index in [9.17, 15) is 51.5 Å². The first-order valence-electron chi connectivity index (χ1n) is 45.7. The number of halogens is 3. The summed E-state index contributed by atoms with van der Waals surface area (Å²) in [4.78, 5) is 127. The molecule has 9 aromatic rings. The van der Waals surface area contributed by atoms with Gasteiger partial charge in [-0.05, 0) is 192 Å². The average Bonchev–Trinajstić information content (AvgIpc) is 1.60. The maximum Gasteiger partial charge on any atom is 0.471 e. The van der Waals surface area contributed by atoms with Gasteiger partial charge < -0.3 is 68.1 Å². The van der Waals surface area contributed by atoms with Crippen molar-refractivity contribution in [3.05, 3.63) is 253 Å². The summed E-state index contributed by atoms with van der Waals surface area (Å²) < 4.78 is 82.5. The van der Waals surface area contributed by atoms with Crippen molar-refractivity contribution in [1.82, 2.24) is 40.0 Å². The van der Waals surface area contributed by atoms with Gasteiger partial charge in [-0.3, -0.25) is 62.9 Å². The zero-order valence-electron chi connectivity index (χ0n) is 78.4. The van der Waals surface area contributed by atoms with Gasteiger partial charge in [-0.1, -0.05) is 110 Å². The molecule has 7 heterocycles. The lowest BCUT2D eigenvalue weighted by molar-refractivity contribution is -0.173. The topological polar surface area (TPSA) is 264 Å². The van der Waals surface area contributed by atoms with Gasteiger partial charge in [0.2, 0.25) is 5.91 Å². The number of nitrogens with one attached hydrogen (secondary N) is 2. The second-order valence-electron chi connectivity index (χ2n) is 34.6. The quantitative estimate of drug-likeness (QED) is 0.0273. The fraction of sp³-hybridized carbons (Fsp3) is 0.417. The molecule has 0 unspecified atom stereocenters. The van der Waals surface area contributed by atoms with E-state index in [1.54, 1.807) is 88.3 Å².